The number of carbonyl (C=O) groups excluding carboxylic acids is 2. The summed E-state index contributed by atoms with van der Waals surface area (Å²) in [6, 6.07) is 25.9. The van der Waals surface area contributed by atoms with Crippen LogP contribution in [0.1, 0.15) is 16.7 Å². The molecule has 2 amide bonds. The number of nitrogens with one attached hydrogen (secondary N) is 1. The van der Waals surface area contributed by atoms with Crippen LogP contribution in [0.5, 0.6) is 5.75 Å². The van der Waals surface area contributed by atoms with E-state index in [0.717, 1.165) is 15.4 Å². The number of hydrogen-bond donors (Lipinski definition) is 1. The van der Waals surface area contributed by atoms with Gasteiger partial charge in [-0.1, -0.05) is 77.3 Å². The largest absolute Gasteiger partial charge is 0.497 e. The molecule has 0 fully saturated rings. The van der Waals surface area contributed by atoms with E-state index in [-0.39, 0.29) is 23.5 Å². The molecule has 11 heteroatoms. The van der Waals surface area contributed by atoms with Gasteiger partial charge >= 0.3 is 0 Å². The highest BCUT2D eigenvalue weighted by Gasteiger charge is 2.34. The lowest BCUT2D eigenvalue weighted by molar-refractivity contribution is -0.139. The maximum Gasteiger partial charge on any atom is 0.264 e. The number of anilines is 1. The van der Waals surface area contributed by atoms with Crippen LogP contribution in [-0.2, 0) is 32.6 Å². The standard InChI is InChI=1S/C33H33Cl2N3O5S/c1-23-9-17-29(18-10-23)44(41,42)38(27-13-15-28(43-3)16-14-27)22-32(39)37(21-25-11-12-26(34)20-30(25)35)31(33(40)36-2)19-24-7-5-4-6-8-24/h4-18,20,31H,19,21-22H2,1-3H3,(H,36,40)/t31-/m1/s1. The van der Waals surface area contributed by atoms with Crippen LogP contribution in [0, 0.1) is 6.92 Å². The first kappa shape index (κ1) is 32.9. The fourth-order valence-corrected chi connectivity index (χ4v) is 6.55. The van der Waals surface area contributed by atoms with Crippen molar-refractivity contribution in [2.24, 2.45) is 0 Å². The summed E-state index contributed by atoms with van der Waals surface area (Å²) >= 11 is 12.6. The van der Waals surface area contributed by atoms with Crippen LogP contribution in [0.3, 0.4) is 0 Å². The minimum atomic E-state index is -4.22. The van der Waals surface area contributed by atoms with E-state index in [9.17, 15) is 18.0 Å². The average Bonchev–Trinajstić information content (AvgIpc) is 3.02. The number of rotatable bonds is 12. The second kappa shape index (κ2) is 14.6. The highest BCUT2D eigenvalue weighted by atomic mass is 35.5. The van der Waals surface area contributed by atoms with E-state index in [1.807, 2.05) is 37.3 Å². The minimum Gasteiger partial charge on any atom is -0.497 e. The maximum atomic E-state index is 14.4. The van der Waals surface area contributed by atoms with Gasteiger partial charge in [0.2, 0.25) is 11.8 Å². The van der Waals surface area contributed by atoms with Gasteiger partial charge in [0.1, 0.15) is 18.3 Å². The van der Waals surface area contributed by atoms with Gasteiger partial charge in [-0.2, -0.15) is 0 Å². The predicted molar refractivity (Wildman–Crippen MR) is 174 cm³/mol. The molecule has 0 aliphatic rings. The molecular formula is C33H33Cl2N3O5S. The maximum absolute atomic E-state index is 14.4. The number of methoxy groups -OCH3 is 1. The SMILES string of the molecule is CNC(=O)[C@@H](Cc1ccccc1)N(Cc1ccc(Cl)cc1Cl)C(=O)CN(c1ccc(OC)cc1)S(=O)(=O)c1ccc(C)cc1. The zero-order valence-electron chi connectivity index (χ0n) is 24.5. The molecule has 8 nitrogen and oxygen atoms in total. The number of carbonyl (C=O) groups is 2. The molecule has 4 aromatic rings. The summed E-state index contributed by atoms with van der Waals surface area (Å²) in [5.41, 5.74) is 2.50. The van der Waals surface area contributed by atoms with E-state index in [1.165, 1.54) is 31.2 Å². The molecule has 1 N–H and O–H groups in total. The Morgan fingerprint density at radius 1 is 0.909 bits per heavy atom. The Hall–Kier alpha value is -4.05. The molecule has 0 bridgehead atoms. The Labute approximate surface area is 268 Å². The molecule has 0 aromatic heterocycles. The number of halogens is 2. The molecule has 230 valence electrons. The molecule has 4 aromatic carbocycles. The summed E-state index contributed by atoms with van der Waals surface area (Å²) in [6.45, 7) is 1.20. The Bertz CT molecular complexity index is 1700. The highest BCUT2D eigenvalue weighted by molar-refractivity contribution is 7.92. The summed E-state index contributed by atoms with van der Waals surface area (Å²) in [6.07, 6.45) is 0.185. The third kappa shape index (κ3) is 7.91. The van der Waals surface area contributed by atoms with Crippen molar-refractivity contribution >= 4 is 50.7 Å². The fraction of sp³-hybridized carbons (Fsp3) is 0.212. The van der Waals surface area contributed by atoms with Gasteiger partial charge in [0, 0.05) is 30.1 Å². The third-order valence-corrected chi connectivity index (χ3v) is 9.50. The number of sulfonamides is 1. The third-order valence-electron chi connectivity index (χ3n) is 7.12. The second-order valence-electron chi connectivity index (χ2n) is 10.1. The number of aryl methyl sites for hydroxylation is 1. The van der Waals surface area contributed by atoms with Crippen molar-refractivity contribution in [2.75, 3.05) is 25.0 Å². The Morgan fingerprint density at radius 2 is 1.57 bits per heavy atom. The van der Waals surface area contributed by atoms with E-state index in [2.05, 4.69) is 5.32 Å². The van der Waals surface area contributed by atoms with Crippen molar-refractivity contribution in [3.05, 3.63) is 124 Å². The summed E-state index contributed by atoms with van der Waals surface area (Å²) in [5.74, 6) is -0.494. The van der Waals surface area contributed by atoms with Crippen LogP contribution in [0.25, 0.3) is 0 Å². The van der Waals surface area contributed by atoms with Crippen molar-refractivity contribution in [3.63, 3.8) is 0 Å². The smallest absolute Gasteiger partial charge is 0.264 e. The number of amides is 2. The molecular weight excluding hydrogens is 621 g/mol. The Kier molecular flexibility index (Phi) is 10.9. The second-order valence-corrected chi connectivity index (χ2v) is 12.8. The number of ether oxygens (including phenoxy) is 1. The van der Waals surface area contributed by atoms with Crippen LogP contribution in [0.4, 0.5) is 5.69 Å². The van der Waals surface area contributed by atoms with Crippen LogP contribution >= 0.6 is 23.2 Å². The molecule has 0 aliphatic carbocycles. The molecule has 0 heterocycles. The quantitative estimate of drug-likeness (QED) is 0.206. The topological polar surface area (TPSA) is 96.0 Å². The summed E-state index contributed by atoms with van der Waals surface area (Å²) in [4.78, 5) is 29.1. The zero-order valence-corrected chi connectivity index (χ0v) is 26.9. The van der Waals surface area contributed by atoms with E-state index < -0.39 is 34.4 Å². The first-order valence-corrected chi connectivity index (χ1v) is 16.0. The number of hydrogen-bond acceptors (Lipinski definition) is 5. The average molecular weight is 655 g/mol. The van der Waals surface area contributed by atoms with Gasteiger partial charge in [-0.15, -0.1) is 0 Å². The predicted octanol–water partition coefficient (Wildman–Crippen LogP) is 5.89. The molecule has 44 heavy (non-hydrogen) atoms. The van der Waals surface area contributed by atoms with Gasteiger partial charge in [0.15, 0.2) is 0 Å². The van der Waals surface area contributed by atoms with Crippen LogP contribution in [0.2, 0.25) is 10.0 Å². The van der Waals surface area contributed by atoms with Crippen LogP contribution < -0.4 is 14.4 Å². The summed E-state index contributed by atoms with van der Waals surface area (Å²) in [7, 11) is -1.22. The van der Waals surface area contributed by atoms with Gasteiger partial charge in [0.05, 0.1) is 17.7 Å². The molecule has 0 saturated carbocycles. The monoisotopic (exact) mass is 653 g/mol. The van der Waals surface area contributed by atoms with Gasteiger partial charge in [-0.25, -0.2) is 8.42 Å². The molecule has 0 radical (unpaired) electrons. The van der Waals surface area contributed by atoms with Crippen molar-refractivity contribution in [3.8, 4) is 5.75 Å². The lowest BCUT2D eigenvalue weighted by atomic mass is 10.0. The Balaban J connectivity index is 1.80. The number of benzene rings is 4. The summed E-state index contributed by atoms with van der Waals surface area (Å²) < 4.78 is 34.4. The lowest BCUT2D eigenvalue weighted by Gasteiger charge is -2.33. The van der Waals surface area contributed by atoms with Gasteiger partial charge < -0.3 is 15.0 Å². The normalized spacial score (nSPS) is 11.8. The van der Waals surface area contributed by atoms with Crippen molar-refractivity contribution in [1.82, 2.24) is 10.2 Å². The molecule has 1 atom stereocenters. The Morgan fingerprint density at radius 3 is 2.16 bits per heavy atom. The van der Waals surface area contributed by atoms with Crippen molar-refractivity contribution < 1.29 is 22.7 Å². The number of likely N-dealkylation sites (N-methyl/N-ethyl adjacent to an activating group) is 1. The van der Waals surface area contributed by atoms with Gasteiger partial charge in [-0.3, -0.25) is 13.9 Å². The highest BCUT2D eigenvalue weighted by Crippen LogP contribution is 2.28. The van der Waals surface area contributed by atoms with Crippen molar-refractivity contribution in [2.45, 2.75) is 30.8 Å². The molecule has 0 spiro atoms. The summed E-state index contributed by atoms with van der Waals surface area (Å²) in [5, 5.41) is 3.38. The van der Waals surface area contributed by atoms with Crippen LogP contribution in [0.15, 0.2) is 102 Å². The first-order valence-electron chi connectivity index (χ1n) is 13.8. The zero-order chi connectivity index (χ0) is 31.9. The minimum absolute atomic E-state index is 0.0196. The molecule has 0 unspecified atom stereocenters. The molecule has 0 saturated heterocycles. The van der Waals surface area contributed by atoms with E-state index in [1.54, 1.807) is 54.6 Å². The molecule has 0 aliphatic heterocycles. The molecule has 4 rings (SSSR count). The lowest BCUT2D eigenvalue weighted by Crippen LogP contribution is -2.53. The first-order chi connectivity index (χ1) is 21.0. The van der Waals surface area contributed by atoms with E-state index in [0.29, 0.717) is 21.4 Å². The van der Waals surface area contributed by atoms with Gasteiger partial charge in [-0.05, 0) is 66.6 Å². The van der Waals surface area contributed by atoms with Crippen LogP contribution in [-0.4, -0.2) is 51.9 Å². The van der Waals surface area contributed by atoms with Crippen molar-refractivity contribution in [1.29, 1.82) is 0 Å². The van der Waals surface area contributed by atoms with E-state index in [4.69, 9.17) is 27.9 Å². The number of nitrogens with zero attached hydrogens (tertiary/aromatic N) is 2. The van der Waals surface area contributed by atoms with E-state index >= 15 is 0 Å². The van der Waals surface area contributed by atoms with Gasteiger partial charge in [0.25, 0.3) is 10.0 Å². The fourth-order valence-electron chi connectivity index (χ4n) is 4.67.